The van der Waals surface area contributed by atoms with Gasteiger partial charge in [-0.3, -0.25) is 9.79 Å². The first-order chi connectivity index (χ1) is 12.0. The van der Waals surface area contributed by atoms with Crippen LogP contribution in [0.2, 0.25) is 0 Å². The van der Waals surface area contributed by atoms with Crippen LogP contribution in [0.4, 0.5) is 10.1 Å². The minimum atomic E-state index is -0.499. The van der Waals surface area contributed by atoms with E-state index in [-0.39, 0.29) is 11.9 Å². The van der Waals surface area contributed by atoms with Gasteiger partial charge in [-0.25, -0.2) is 4.39 Å². The molecular weight excluding hydrogens is 325 g/mol. The number of amides is 1. The van der Waals surface area contributed by atoms with Crippen molar-refractivity contribution in [1.82, 2.24) is 4.90 Å². The quantitative estimate of drug-likeness (QED) is 0.602. The van der Waals surface area contributed by atoms with E-state index in [1.54, 1.807) is 12.1 Å². The van der Waals surface area contributed by atoms with E-state index >= 15 is 0 Å². The van der Waals surface area contributed by atoms with Crippen LogP contribution in [0.3, 0.4) is 0 Å². The molecule has 0 saturated carbocycles. The van der Waals surface area contributed by atoms with Crippen molar-refractivity contribution in [2.24, 2.45) is 16.5 Å². The number of piperazine rings is 1. The van der Waals surface area contributed by atoms with E-state index in [0.29, 0.717) is 18.9 Å². The first-order valence-corrected chi connectivity index (χ1v) is 8.53. The summed E-state index contributed by atoms with van der Waals surface area (Å²) in [4.78, 5) is 19.7. The van der Waals surface area contributed by atoms with Crippen molar-refractivity contribution in [3.63, 3.8) is 0 Å². The third-order valence-electron chi connectivity index (χ3n) is 4.68. The number of halogens is 1. The molecule has 0 radical (unpaired) electrons. The van der Waals surface area contributed by atoms with Gasteiger partial charge in [-0.1, -0.05) is 0 Å². The lowest BCUT2D eigenvalue weighted by Crippen LogP contribution is -2.51. The molecule has 2 aliphatic heterocycles. The maximum atomic E-state index is 13.0. The predicted molar refractivity (Wildman–Crippen MR) is 93.8 cm³/mol. The molecule has 2 fully saturated rings. The number of carbonyl (C=O) groups is 1. The van der Waals surface area contributed by atoms with Crippen LogP contribution < -0.4 is 16.4 Å². The van der Waals surface area contributed by atoms with Gasteiger partial charge in [0, 0.05) is 31.9 Å². The summed E-state index contributed by atoms with van der Waals surface area (Å²) in [5.74, 6) is -0.160. The zero-order valence-corrected chi connectivity index (χ0v) is 14.1. The van der Waals surface area contributed by atoms with Crippen molar-refractivity contribution < 1.29 is 13.9 Å². The number of benzene rings is 1. The Balaban J connectivity index is 1.47. The van der Waals surface area contributed by atoms with Gasteiger partial charge in [-0.2, -0.15) is 0 Å². The van der Waals surface area contributed by atoms with E-state index in [1.807, 2.05) is 4.90 Å². The summed E-state index contributed by atoms with van der Waals surface area (Å²) in [5, 5.41) is 0. The second kappa shape index (κ2) is 7.69. The fourth-order valence-electron chi connectivity index (χ4n) is 3.19. The molecule has 2 saturated heterocycles. The number of ether oxygens (including phenoxy) is 1. The lowest BCUT2D eigenvalue weighted by atomic mass is 10.2. The van der Waals surface area contributed by atoms with E-state index in [9.17, 15) is 9.18 Å². The Bertz CT molecular complexity index is 628. The highest BCUT2D eigenvalue weighted by Gasteiger charge is 2.29. The summed E-state index contributed by atoms with van der Waals surface area (Å²) >= 11 is 0. The van der Waals surface area contributed by atoms with Crippen molar-refractivity contribution in [3.05, 3.63) is 30.1 Å². The Labute approximate surface area is 146 Å². The SMILES string of the molecule is NC(=O)C1CCC(CN=C(N)N2CCN(c3ccc(F)cc3)CC2)O1. The Kier molecular flexibility index (Phi) is 5.37. The average Bonchev–Trinajstić information content (AvgIpc) is 3.10. The van der Waals surface area contributed by atoms with Gasteiger partial charge in [0.05, 0.1) is 12.6 Å². The van der Waals surface area contributed by atoms with E-state index in [1.165, 1.54) is 12.1 Å². The zero-order chi connectivity index (χ0) is 17.8. The smallest absolute Gasteiger partial charge is 0.246 e. The molecule has 136 valence electrons. The number of rotatable bonds is 4. The summed E-state index contributed by atoms with van der Waals surface area (Å²) in [5.41, 5.74) is 12.3. The van der Waals surface area contributed by atoms with Gasteiger partial charge >= 0.3 is 0 Å². The van der Waals surface area contributed by atoms with E-state index < -0.39 is 12.0 Å². The van der Waals surface area contributed by atoms with Crippen LogP contribution in [-0.4, -0.2) is 61.7 Å². The second-order valence-electron chi connectivity index (χ2n) is 6.38. The standard InChI is InChI=1S/C17H24FN5O2/c18-12-1-3-13(4-2-12)22-7-9-23(10-8-22)17(20)21-11-14-5-6-15(25-14)16(19)24/h1-4,14-15H,5-11H2,(H2,19,24)(H2,20,21). The fourth-order valence-corrected chi connectivity index (χ4v) is 3.19. The van der Waals surface area contributed by atoms with Gasteiger partial charge in [0.2, 0.25) is 5.91 Å². The van der Waals surface area contributed by atoms with E-state index in [0.717, 1.165) is 38.3 Å². The molecule has 0 aromatic heterocycles. The van der Waals surface area contributed by atoms with Crippen LogP contribution in [0, 0.1) is 5.82 Å². The molecule has 0 spiro atoms. The predicted octanol–water partition coefficient (Wildman–Crippen LogP) is 0.295. The molecule has 4 N–H and O–H groups in total. The summed E-state index contributed by atoms with van der Waals surface area (Å²) in [6, 6.07) is 6.51. The number of guanidine groups is 1. The summed E-state index contributed by atoms with van der Waals surface area (Å²) < 4.78 is 18.6. The molecule has 2 atom stereocenters. The van der Waals surface area contributed by atoms with Crippen LogP contribution >= 0.6 is 0 Å². The van der Waals surface area contributed by atoms with Gasteiger partial charge in [0.25, 0.3) is 0 Å². The molecule has 3 rings (SSSR count). The molecule has 0 aliphatic carbocycles. The number of primary amides is 1. The molecule has 25 heavy (non-hydrogen) atoms. The molecule has 2 aliphatic rings. The third kappa shape index (κ3) is 4.39. The lowest BCUT2D eigenvalue weighted by Gasteiger charge is -2.36. The molecule has 2 unspecified atom stereocenters. The fraction of sp³-hybridized carbons (Fsp3) is 0.529. The highest BCUT2D eigenvalue weighted by atomic mass is 19.1. The number of nitrogens with zero attached hydrogens (tertiary/aromatic N) is 3. The van der Waals surface area contributed by atoms with Crippen LogP contribution in [-0.2, 0) is 9.53 Å². The first-order valence-electron chi connectivity index (χ1n) is 8.53. The minimum absolute atomic E-state index is 0.100. The highest BCUT2D eigenvalue weighted by molar-refractivity contribution is 5.79. The molecule has 0 bridgehead atoms. The molecule has 1 aromatic rings. The topological polar surface area (TPSA) is 97.2 Å². The minimum Gasteiger partial charge on any atom is -0.370 e. The van der Waals surface area contributed by atoms with E-state index in [2.05, 4.69) is 9.89 Å². The summed E-state index contributed by atoms with van der Waals surface area (Å²) in [7, 11) is 0. The number of hydrogen-bond acceptors (Lipinski definition) is 4. The first kappa shape index (κ1) is 17.5. The van der Waals surface area contributed by atoms with Gasteiger partial charge in [0.15, 0.2) is 5.96 Å². The van der Waals surface area contributed by atoms with E-state index in [4.69, 9.17) is 16.2 Å². The van der Waals surface area contributed by atoms with Gasteiger partial charge < -0.3 is 26.0 Å². The molecule has 2 heterocycles. The second-order valence-corrected chi connectivity index (χ2v) is 6.38. The largest absolute Gasteiger partial charge is 0.370 e. The number of nitrogens with two attached hydrogens (primary N) is 2. The Hall–Kier alpha value is -2.35. The maximum absolute atomic E-state index is 13.0. The Morgan fingerprint density at radius 1 is 1.16 bits per heavy atom. The number of hydrogen-bond donors (Lipinski definition) is 2. The average molecular weight is 349 g/mol. The lowest BCUT2D eigenvalue weighted by molar-refractivity contribution is -0.128. The van der Waals surface area contributed by atoms with Crippen LogP contribution in [0.5, 0.6) is 0 Å². The van der Waals surface area contributed by atoms with Crippen molar-refractivity contribution in [3.8, 4) is 0 Å². The highest BCUT2D eigenvalue weighted by Crippen LogP contribution is 2.20. The monoisotopic (exact) mass is 349 g/mol. The van der Waals surface area contributed by atoms with Gasteiger partial charge in [-0.15, -0.1) is 0 Å². The number of carbonyl (C=O) groups excluding carboxylic acids is 1. The van der Waals surface area contributed by atoms with Crippen LogP contribution in [0.25, 0.3) is 0 Å². The van der Waals surface area contributed by atoms with Crippen molar-refractivity contribution >= 4 is 17.6 Å². The van der Waals surface area contributed by atoms with Crippen LogP contribution in [0.1, 0.15) is 12.8 Å². The molecule has 7 nitrogen and oxygen atoms in total. The maximum Gasteiger partial charge on any atom is 0.246 e. The Morgan fingerprint density at radius 3 is 2.44 bits per heavy atom. The number of aliphatic imine (C=N–C) groups is 1. The normalized spacial score (nSPS) is 24.6. The molecule has 1 aromatic carbocycles. The van der Waals surface area contributed by atoms with Gasteiger partial charge in [0.1, 0.15) is 11.9 Å². The molecule has 1 amide bonds. The molecule has 8 heteroatoms. The Morgan fingerprint density at radius 2 is 1.84 bits per heavy atom. The van der Waals surface area contributed by atoms with Crippen molar-refractivity contribution in [2.75, 3.05) is 37.6 Å². The van der Waals surface area contributed by atoms with Crippen molar-refractivity contribution in [1.29, 1.82) is 0 Å². The number of anilines is 1. The zero-order valence-electron chi connectivity index (χ0n) is 14.1. The van der Waals surface area contributed by atoms with Crippen LogP contribution in [0.15, 0.2) is 29.3 Å². The van der Waals surface area contributed by atoms with Gasteiger partial charge in [-0.05, 0) is 37.1 Å². The molecular formula is C17H24FN5O2. The van der Waals surface area contributed by atoms with Crippen molar-refractivity contribution in [2.45, 2.75) is 25.0 Å². The summed E-state index contributed by atoms with van der Waals surface area (Å²) in [6.45, 7) is 3.54. The summed E-state index contributed by atoms with van der Waals surface area (Å²) in [6.07, 6.45) is 0.811. The third-order valence-corrected chi connectivity index (χ3v) is 4.68.